The summed E-state index contributed by atoms with van der Waals surface area (Å²) in [5.41, 5.74) is -0.345. The number of carbonyl (C=O) groups excluding carboxylic acids is 1. The molecule has 0 aliphatic heterocycles. The molecule has 3 unspecified atom stereocenters. The molecule has 0 amide bonds. The van der Waals surface area contributed by atoms with Gasteiger partial charge in [0.1, 0.15) is 5.60 Å². The van der Waals surface area contributed by atoms with E-state index >= 15 is 0 Å². The summed E-state index contributed by atoms with van der Waals surface area (Å²) in [5, 5.41) is 0. The van der Waals surface area contributed by atoms with Gasteiger partial charge in [0.2, 0.25) is 0 Å². The summed E-state index contributed by atoms with van der Waals surface area (Å²) in [6, 6.07) is 0. The average Bonchev–Trinajstić information content (AvgIpc) is 2.77. The van der Waals surface area contributed by atoms with Crippen LogP contribution in [-0.4, -0.2) is 11.6 Å². The van der Waals surface area contributed by atoms with Gasteiger partial charge < -0.3 is 4.74 Å². The molecule has 1 saturated carbocycles. The molecule has 1 fully saturated rings. The van der Waals surface area contributed by atoms with E-state index in [1.807, 2.05) is 13.8 Å². The fourth-order valence-electron chi connectivity index (χ4n) is 2.50. The number of hydrogen-bond donors (Lipinski definition) is 0. The minimum Gasteiger partial charge on any atom is -0.459 e. The van der Waals surface area contributed by atoms with Crippen LogP contribution >= 0.6 is 0 Å². The maximum Gasteiger partial charge on any atom is 0.310 e. The molecule has 0 radical (unpaired) electrons. The fourth-order valence-corrected chi connectivity index (χ4v) is 2.50. The maximum absolute atomic E-state index is 12.1. The quantitative estimate of drug-likeness (QED) is 0.541. The highest BCUT2D eigenvalue weighted by Gasteiger charge is 2.42. The van der Waals surface area contributed by atoms with E-state index in [0.29, 0.717) is 17.8 Å². The second-order valence-electron chi connectivity index (χ2n) is 6.07. The van der Waals surface area contributed by atoms with Crippen molar-refractivity contribution in [1.82, 2.24) is 0 Å². The Morgan fingerprint density at radius 2 is 2.00 bits per heavy atom. The zero-order valence-corrected chi connectivity index (χ0v) is 10.7. The summed E-state index contributed by atoms with van der Waals surface area (Å²) in [4.78, 5) is 12.1. The van der Waals surface area contributed by atoms with Crippen molar-refractivity contribution < 1.29 is 9.53 Å². The third kappa shape index (κ3) is 2.02. The van der Waals surface area contributed by atoms with E-state index in [1.54, 1.807) is 0 Å². The Balaban J connectivity index is 1.97. The topological polar surface area (TPSA) is 26.3 Å². The van der Waals surface area contributed by atoms with Crippen LogP contribution in [0.1, 0.15) is 40.5 Å². The lowest BCUT2D eigenvalue weighted by Gasteiger charge is -2.31. The van der Waals surface area contributed by atoms with Crippen LogP contribution in [0, 0.1) is 23.7 Å². The molecule has 0 spiro atoms. The average molecular weight is 222 g/mol. The summed E-state index contributed by atoms with van der Waals surface area (Å²) < 4.78 is 5.66. The lowest BCUT2D eigenvalue weighted by Crippen LogP contribution is -2.37. The zero-order valence-electron chi connectivity index (χ0n) is 10.7. The van der Waals surface area contributed by atoms with Gasteiger partial charge in [-0.15, -0.1) is 0 Å². The molecular weight excluding hydrogens is 200 g/mol. The highest BCUT2D eigenvalue weighted by Crippen LogP contribution is 2.44. The smallest absolute Gasteiger partial charge is 0.310 e. The van der Waals surface area contributed by atoms with Crippen molar-refractivity contribution in [2.24, 2.45) is 23.7 Å². The van der Waals surface area contributed by atoms with Crippen molar-refractivity contribution >= 4 is 5.97 Å². The lowest BCUT2D eigenvalue weighted by molar-refractivity contribution is -0.166. The molecular formula is C14H22O2. The first kappa shape index (κ1) is 11.7. The van der Waals surface area contributed by atoms with Crippen LogP contribution in [0.4, 0.5) is 0 Å². The van der Waals surface area contributed by atoms with Crippen molar-refractivity contribution in [2.75, 3.05) is 0 Å². The van der Waals surface area contributed by atoms with Crippen LogP contribution in [0.3, 0.4) is 0 Å². The Labute approximate surface area is 98.1 Å². The summed E-state index contributed by atoms with van der Waals surface area (Å²) in [5.74, 6) is 1.55. The van der Waals surface area contributed by atoms with Gasteiger partial charge in [-0.05, 0) is 44.4 Å². The van der Waals surface area contributed by atoms with Crippen molar-refractivity contribution in [3.63, 3.8) is 0 Å². The predicted octanol–water partition coefficient (Wildman–Crippen LogP) is 3.18. The van der Waals surface area contributed by atoms with Crippen LogP contribution in [-0.2, 0) is 9.53 Å². The molecule has 2 aliphatic rings. The van der Waals surface area contributed by atoms with E-state index in [9.17, 15) is 4.79 Å². The molecule has 16 heavy (non-hydrogen) atoms. The van der Waals surface area contributed by atoms with Crippen LogP contribution < -0.4 is 0 Å². The number of ether oxygens (including phenoxy) is 1. The normalized spacial score (nSPS) is 32.4. The van der Waals surface area contributed by atoms with Crippen LogP contribution in [0.25, 0.3) is 0 Å². The van der Waals surface area contributed by atoms with Gasteiger partial charge in [-0.3, -0.25) is 4.79 Å². The molecule has 90 valence electrons. The molecule has 2 nitrogen and oxygen atoms in total. The Morgan fingerprint density at radius 1 is 1.31 bits per heavy atom. The molecule has 0 aromatic carbocycles. The summed E-state index contributed by atoms with van der Waals surface area (Å²) >= 11 is 0. The van der Waals surface area contributed by atoms with Gasteiger partial charge in [0.05, 0.1) is 5.92 Å². The number of carbonyl (C=O) groups is 1. The van der Waals surface area contributed by atoms with Crippen molar-refractivity contribution in [2.45, 2.75) is 46.1 Å². The van der Waals surface area contributed by atoms with Gasteiger partial charge in [0.25, 0.3) is 0 Å². The standard InChI is InChI=1S/C14H22O2/c1-9(2)14(3,4)16-13(15)12-8-10-5-6-11(12)7-10/h5-6,9-12H,7-8H2,1-4H3. The molecule has 0 heterocycles. The molecule has 0 N–H and O–H groups in total. The Kier molecular flexibility index (Phi) is 2.85. The molecule has 0 aromatic rings. The van der Waals surface area contributed by atoms with E-state index in [2.05, 4.69) is 26.0 Å². The molecule has 0 saturated heterocycles. The van der Waals surface area contributed by atoms with E-state index in [4.69, 9.17) is 4.74 Å². The van der Waals surface area contributed by atoms with E-state index in [0.717, 1.165) is 12.8 Å². The maximum atomic E-state index is 12.1. The largest absolute Gasteiger partial charge is 0.459 e. The monoisotopic (exact) mass is 222 g/mol. The SMILES string of the molecule is CC(C)C(C)(C)OC(=O)C1CC2C=CC1C2. The molecule has 3 atom stereocenters. The first-order chi connectivity index (χ1) is 7.40. The first-order valence-corrected chi connectivity index (χ1v) is 6.31. The second kappa shape index (κ2) is 3.90. The highest BCUT2D eigenvalue weighted by atomic mass is 16.6. The molecule has 2 bridgehead atoms. The van der Waals surface area contributed by atoms with Crippen LogP contribution in [0.5, 0.6) is 0 Å². The summed E-state index contributed by atoms with van der Waals surface area (Å²) in [6.45, 7) is 8.18. The summed E-state index contributed by atoms with van der Waals surface area (Å²) in [6.07, 6.45) is 6.60. The fraction of sp³-hybridized carbons (Fsp3) is 0.786. The van der Waals surface area contributed by atoms with Crippen molar-refractivity contribution in [3.05, 3.63) is 12.2 Å². The number of allylic oxidation sites excluding steroid dienone is 2. The van der Waals surface area contributed by atoms with E-state index in [1.165, 1.54) is 0 Å². The number of fused-ring (bicyclic) bond motifs is 2. The third-order valence-electron chi connectivity index (χ3n) is 4.34. The summed E-state index contributed by atoms with van der Waals surface area (Å²) in [7, 11) is 0. The minimum absolute atomic E-state index is 0.00977. The molecule has 2 rings (SSSR count). The zero-order chi connectivity index (χ0) is 11.9. The van der Waals surface area contributed by atoms with Gasteiger partial charge >= 0.3 is 5.97 Å². The third-order valence-corrected chi connectivity index (χ3v) is 4.34. The second-order valence-corrected chi connectivity index (χ2v) is 6.07. The van der Waals surface area contributed by atoms with E-state index < -0.39 is 0 Å². The van der Waals surface area contributed by atoms with Gasteiger partial charge in [-0.25, -0.2) is 0 Å². The Morgan fingerprint density at radius 3 is 2.44 bits per heavy atom. The van der Waals surface area contributed by atoms with E-state index in [-0.39, 0.29) is 17.5 Å². The van der Waals surface area contributed by atoms with Crippen molar-refractivity contribution in [1.29, 1.82) is 0 Å². The Hall–Kier alpha value is -0.790. The van der Waals surface area contributed by atoms with Gasteiger partial charge in [0.15, 0.2) is 0 Å². The molecule has 2 heteroatoms. The minimum atomic E-state index is -0.345. The first-order valence-electron chi connectivity index (χ1n) is 6.31. The van der Waals surface area contributed by atoms with Gasteiger partial charge in [-0.2, -0.15) is 0 Å². The predicted molar refractivity (Wildman–Crippen MR) is 63.9 cm³/mol. The highest BCUT2D eigenvalue weighted by molar-refractivity contribution is 5.74. The number of rotatable bonds is 3. The van der Waals surface area contributed by atoms with Crippen LogP contribution in [0.2, 0.25) is 0 Å². The lowest BCUT2D eigenvalue weighted by atomic mass is 9.91. The molecule has 0 aromatic heterocycles. The molecule has 2 aliphatic carbocycles. The van der Waals surface area contributed by atoms with Crippen molar-refractivity contribution in [3.8, 4) is 0 Å². The Bertz CT molecular complexity index is 315. The number of esters is 1. The van der Waals surface area contributed by atoms with Crippen LogP contribution in [0.15, 0.2) is 12.2 Å². The number of hydrogen-bond acceptors (Lipinski definition) is 2. The van der Waals surface area contributed by atoms with Gasteiger partial charge in [-0.1, -0.05) is 26.0 Å². The van der Waals surface area contributed by atoms with Gasteiger partial charge in [0, 0.05) is 0 Å².